The Bertz CT molecular complexity index is 508. The first kappa shape index (κ1) is 13.4. The molecule has 0 spiro atoms. The second-order valence-corrected chi connectivity index (χ2v) is 6.89. The summed E-state index contributed by atoms with van der Waals surface area (Å²) in [6, 6.07) is 1.88. The van der Waals surface area contributed by atoms with Gasteiger partial charge in [-0.25, -0.2) is 22.7 Å². The SMILES string of the molecule is CCS(=O)(=O)N1CCC(c2nccc(C)n2)CC1. The van der Waals surface area contributed by atoms with Crippen molar-refractivity contribution in [2.24, 2.45) is 0 Å². The summed E-state index contributed by atoms with van der Waals surface area (Å²) in [5.74, 6) is 1.32. The van der Waals surface area contributed by atoms with E-state index in [2.05, 4.69) is 9.97 Å². The maximum atomic E-state index is 11.7. The van der Waals surface area contributed by atoms with Crippen LogP contribution in [-0.4, -0.2) is 41.5 Å². The molecular weight excluding hydrogens is 250 g/mol. The molecule has 0 N–H and O–H groups in total. The summed E-state index contributed by atoms with van der Waals surface area (Å²) in [5, 5.41) is 0. The molecule has 0 saturated carbocycles. The maximum absolute atomic E-state index is 11.7. The van der Waals surface area contributed by atoms with Crippen LogP contribution < -0.4 is 0 Å². The zero-order valence-corrected chi connectivity index (χ0v) is 11.7. The first-order valence-corrected chi connectivity index (χ1v) is 7.91. The van der Waals surface area contributed by atoms with Crippen molar-refractivity contribution in [2.45, 2.75) is 32.6 Å². The van der Waals surface area contributed by atoms with Gasteiger partial charge in [-0.3, -0.25) is 0 Å². The third-order valence-corrected chi connectivity index (χ3v) is 5.27. The van der Waals surface area contributed by atoms with Crippen molar-refractivity contribution in [3.05, 3.63) is 23.8 Å². The minimum atomic E-state index is -3.04. The number of hydrogen-bond acceptors (Lipinski definition) is 4. The molecule has 1 fully saturated rings. The van der Waals surface area contributed by atoms with E-state index in [4.69, 9.17) is 0 Å². The Morgan fingerprint density at radius 1 is 1.39 bits per heavy atom. The minimum absolute atomic E-state index is 0.179. The monoisotopic (exact) mass is 269 g/mol. The highest BCUT2D eigenvalue weighted by molar-refractivity contribution is 7.89. The van der Waals surface area contributed by atoms with Crippen LogP contribution in [0.25, 0.3) is 0 Å². The minimum Gasteiger partial charge on any atom is -0.241 e. The van der Waals surface area contributed by atoms with Crippen LogP contribution in [0.1, 0.15) is 37.2 Å². The number of sulfonamides is 1. The van der Waals surface area contributed by atoms with Crippen LogP contribution in [0.2, 0.25) is 0 Å². The van der Waals surface area contributed by atoms with Gasteiger partial charge in [0.25, 0.3) is 0 Å². The molecule has 1 aliphatic heterocycles. The lowest BCUT2D eigenvalue weighted by Gasteiger charge is -2.30. The molecular formula is C12H19N3O2S. The first-order valence-electron chi connectivity index (χ1n) is 6.30. The van der Waals surface area contributed by atoms with Crippen molar-refractivity contribution < 1.29 is 8.42 Å². The van der Waals surface area contributed by atoms with Gasteiger partial charge in [-0.1, -0.05) is 0 Å². The Morgan fingerprint density at radius 3 is 2.61 bits per heavy atom. The van der Waals surface area contributed by atoms with Gasteiger partial charge >= 0.3 is 0 Å². The molecule has 6 heteroatoms. The average Bonchev–Trinajstić information content (AvgIpc) is 2.39. The fourth-order valence-corrected chi connectivity index (χ4v) is 3.37. The molecule has 18 heavy (non-hydrogen) atoms. The molecule has 1 saturated heterocycles. The summed E-state index contributed by atoms with van der Waals surface area (Å²) in [5.41, 5.74) is 0.962. The zero-order valence-electron chi connectivity index (χ0n) is 10.8. The highest BCUT2D eigenvalue weighted by Gasteiger charge is 2.28. The van der Waals surface area contributed by atoms with E-state index in [9.17, 15) is 8.42 Å². The topological polar surface area (TPSA) is 63.2 Å². The fraction of sp³-hybridized carbons (Fsp3) is 0.667. The molecule has 0 amide bonds. The predicted octanol–water partition coefficient (Wildman–Crippen LogP) is 1.31. The molecule has 0 aliphatic carbocycles. The van der Waals surface area contributed by atoms with Gasteiger partial charge in [0.15, 0.2) is 0 Å². The Kier molecular flexibility index (Phi) is 3.97. The Balaban J connectivity index is 2.03. The van der Waals surface area contributed by atoms with Crippen LogP contribution >= 0.6 is 0 Å². The van der Waals surface area contributed by atoms with Crippen LogP contribution in [0.3, 0.4) is 0 Å². The third kappa shape index (κ3) is 2.87. The van der Waals surface area contributed by atoms with E-state index in [1.54, 1.807) is 17.4 Å². The maximum Gasteiger partial charge on any atom is 0.213 e. The predicted molar refractivity (Wildman–Crippen MR) is 69.8 cm³/mol. The molecule has 0 bridgehead atoms. The first-order chi connectivity index (χ1) is 8.53. The van der Waals surface area contributed by atoms with E-state index in [-0.39, 0.29) is 11.7 Å². The van der Waals surface area contributed by atoms with Crippen molar-refractivity contribution >= 4 is 10.0 Å². The zero-order chi connectivity index (χ0) is 13.2. The summed E-state index contributed by atoms with van der Waals surface area (Å²) >= 11 is 0. The second kappa shape index (κ2) is 5.32. The summed E-state index contributed by atoms with van der Waals surface area (Å²) in [6.07, 6.45) is 3.39. The van der Waals surface area contributed by atoms with E-state index >= 15 is 0 Å². The van der Waals surface area contributed by atoms with Crippen LogP contribution in [0, 0.1) is 6.92 Å². The lowest BCUT2D eigenvalue weighted by atomic mass is 9.97. The quantitative estimate of drug-likeness (QED) is 0.830. The van der Waals surface area contributed by atoms with Crippen molar-refractivity contribution in [1.82, 2.24) is 14.3 Å². The Hall–Kier alpha value is -1.01. The van der Waals surface area contributed by atoms with E-state index in [1.807, 2.05) is 13.0 Å². The van der Waals surface area contributed by atoms with E-state index < -0.39 is 10.0 Å². The number of hydrogen-bond donors (Lipinski definition) is 0. The number of nitrogens with zero attached hydrogens (tertiary/aromatic N) is 3. The third-order valence-electron chi connectivity index (χ3n) is 3.39. The molecule has 0 unspecified atom stereocenters. The summed E-state index contributed by atoms with van der Waals surface area (Å²) in [4.78, 5) is 8.72. The molecule has 1 aromatic rings. The number of piperidine rings is 1. The molecule has 5 nitrogen and oxygen atoms in total. The standard InChI is InChI=1S/C12H19N3O2S/c1-3-18(16,17)15-8-5-11(6-9-15)12-13-7-4-10(2)14-12/h4,7,11H,3,5-6,8-9H2,1-2H3. The highest BCUT2D eigenvalue weighted by atomic mass is 32.2. The summed E-state index contributed by atoms with van der Waals surface area (Å²) in [7, 11) is -3.04. The van der Waals surface area contributed by atoms with E-state index in [0.29, 0.717) is 13.1 Å². The van der Waals surface area contributed by atoms with Gasteiger partial charge in [0.05, 0.1) is 5.75 Å². The van der Waals surface area contributed by atoms with Gasteiger partial charge in [-0.15, -0.1) is 0 Å². The van der Waals surface area contributed by atoms with Crippen molar-refractivity contribution in [1.29, 1.82) is 0 Å². The van der Waals surface area contributed by atoms with Crippen molar-refractivity contribution in [3.8, 4) is 0 Å². The Morgan fingerprint density at radius 2 is 2.06 bits per heavy atom. The van der Waals surface area contributed by atoms with Crippen LogP contribution in [-0.2, 0) is 10.0 Å². The number of rotatable bonds is 3. The molecule has 2 rings (SSSR count). The number of aromatic nitrogens is 2. The number of aryl methyl sites for hydroxylation is 1. The van der Waals surface area contributed by atoms with Crippen LogP contribution in [0.5, 0.6) is 0 Å². The summed E-state index contributed by atoms with van der Waals surface area (Å²) in [6.45, 7) is 4.79. The van der Waals surface area contributed by atoms with Crippen molar-refractivity contribution in [3.63, 3.8) is 0 Å². The fourth-order valence-electron chi connectivity index (χ4n) is 2.24. The molecule has 0 radical (unpaired) electrons. The Labute approximate surface area is 108 Å². The van der Waals surface area contributed by atoms with Crippen molar-refractivity contribution in [2.75, 3.05) is 18.8 Å². The van der Waals surface area contributed by atoms with Gasteiger partial charge in [-0.2, -0.15) is 0 Å². The van der Waals surface area contributed by atoms with Gasteiger partial charge in [0.2, 0.25) is 10.0 Å². The molecule has 1 aromatic heterocycles. The van der Waals surface area contributed by atoms with Crippen LogP contribution in [0.15, 0.2) is 12.3 Å². The molecule has 1 aliphatic rings. The molecule has 100 valence electrons. The normalized spacial score (nSPS) is 19.0. The second-order valence-electron chi connectivity index (χ2n) is 4.63. The summed E-state index contributed by atoms with van der Waals surface area (Å²) < 4.78 is 25.1. The average molecular weight is 269 g/mol. The lowest BCUT2D eigenvalue weighted by Crippen LogP contribution is -2.39. The molecule has 0 atom stereocenters. The molecule has 2 heterocycles. The van der Waals surface area contributed by atoms with Crippen LogP contribution in [0.4, 0.5) is 0 Å². The smallest absolute Gasteiger partial charge is 0.213 e. The lowest BCUT2D eigenvalue weighted by molar-refractivity contribution is 0.313. The van der Waals surface area contributed by atoms with Gasteiger partial charge in [-0.05, 0) is 32.8 Å². The largest absolute Gasteiger partial charge is 0.241 e. The van der Waals surface area contributed by atoms with Gasteiger partial charge in [0, 0.05) is 30.9 Å². The van der Waals surface area contributed by atoms with Gasteiger partial charge in [0.1, 0.15) is 5.82 Å². The highest BCUT2D eigenvalue weighted by Crippen LogP contribution is 2.26. The van der Waals surface area contributed by atoms with Gasteiger partial charge < -0.3 is 0 Å². The van der Waals surface area contributed by atoms with E-state index in [0.717, 1.165) is 24.4 Å². The van der Waals surface area contributed by atoms with E-state index in [1.165, 1.54) is 0 Å². The molecule has 0 aromatic carbocycles.